The Kier molecular flexibility index (Phi) is 5.89. The minimum atomic E-state index is 0.0182. The molecule has 0 saturated heterocycles. The molecule has 1 amide bonds. The van der Waals surface area contributed by atoms with Gasteiger partial charge in [0.2, 0.25) is 11.8 Å². The van der Waals surface area contributed by atoms with E-state index in [0.29, 0.717) is 31.2 Å². The van der Waals surface area contributed by atoms with Crippen LogP contribution in [0.15, 0.2) is 21.9 Å². The molecule has 7 heteroatoms. The third kappa shape index (κ3) is 5.28. The van der Waals surface area contributed by atoms with Crippen LogP contribution in [-0.4, -0.2) is 48.2 Å². The van der Waals surface area contributed by atoms with Crippen molar-refractivity contribution in [2.45, 2.75) is 19.3 Å². The van der Waals surface area contributed by atoms with Gasteiger partial charge in [-0.25, -0.2) is 0 Å². The minimum absolute atomic E-state index is 0.0182. The summed E-state index contributed by atoms with van der Waals surface area (Å²) in [6.45, 7) is 1.66. The van der Waals surface area contributed by atoms with Crippen LogP contribution in [0.3, 0.4) is 0 Å². The van der Waals surface area contributed by atoms with E-state index in [-0.39, 0.29) is 5.91 Å². The molecular formula is C14H20N4O2S. The molecule has 0 aliphatic heterocycles. The van der Waals surface area contributed by atoms with E-state index in [0.717, 1.165) is 17.8 Å². The molecular weight excluding hydrogens is 288 g/mol. The van der Waals surface area contributed by atoms with Crippen LogP contribution in [-0.2, 0) is 11.2 Å². The van der Waals surface area contributed by atoms with Gasteiger partial charge in [-0.15, -0.1) is 21.5 Å². The molecule has 2 rings (SSSR count). The summed E-state index contributed by atoms with van der Waals surface area (Å²) in [4.78, 5) is 14.7. The average Bonchev–Trinajstić information content (AvgIpc) is 3.11. The molecule has 0 aliphatic carbocycles. The molecule has 0 atom stereocenters. The summed E-state index contributed by atoms with van der Waals surface area (Å²) in [5, 5.41) is 12.8. The number of thiophene rings is 1. The van der Waals surface area contributed by atoms with E-state index in [1.165, 1.54) is 0 Å². The van der Waals surface area contributed by atoms with Crippen LogP contribution in [0.1, 0.15) is 18.7 Å². The summed E-state index contributed by atoms with van der Waals surface area (Å²) < 4.78 is 5.54. The predicted molar refractivity (Wildman–Crippen MR) is 82.1 cm³/mol. The van der Waals surface area contributed by atoms with Crippen molar-refractivity contribution in [1.82, 2.24) is 20.4 Å². The highest BCUT2D eigenvalue weighted by atomic mass is 32.1. The summed E-state index contributed by atoms with van der Waals surface area (Å²) in [7, 11) is 4.03. The standard InChI is InChI=1S/C14H20N4O2S/c1-18(2)9-4-8-15-12(19)6-7-13-16-17-14(20-13)11-5-3-10-21-11/h3,5,10H,4,6-9H2,1-2H3,(H,15,19). The molecule has 6 nitrogen and oxygen atoms in total. The van der Waals surface area contributed by atoms with Gasteiger partial charge in [0.15, 0.2) is 0 Å². The van der Waals surface area contributed by atoms with E-state index in [4.69, 9.17) is 4.42 Å². The molecule has 0 radical (unpaired) electrons. The highest BCUT2D eigenvalue weighted by Crippen LogP contribution is 2.23. The van der Waals surface area contributed by atoms with E-state index in [2.05, 4.69) is 20.4 Å². The number of hydrogen-bond donors (Lipinski definition) is 1. The van der Waals surface area contributed by atoms with E-state index >= 15 is 0 Å². The zero-order chi connectivity index (χ0) is 15.1. The monoisotopic (exact) mass is 308 g/mol. The number of carbonyl (C=O) groups is 1. The van der Waals surface area contributed by atoms with Crippen molar-refractivity contribution in [2.75, 3.05) is 27.2 Å². The van der Waals surface area contributed by atoms with Crippen LogP contribution in [0.2, 0.25) is 0 Å². The van der Waals surface area contributed by atoms with E-state index in [1.807, 2.05) is 31.6 Å². The van der Waals surface area contributed by atoms with Crippen LogP contribution < -0.4 is 5.32 Å². The van der Waals surface area contributed by atoms with Crippen molar-refractivity contribution in [1.29, 1.82) is 0 Å². The molecule has 2 heterocycles. The van der Waals surface area contributed by atoms with Gasteiger partial charge in [0.25, 0.3) is 5.89 Å². The summed E-state index contributed by atoms with van der Waals surface area (Å²) in [6, 6.07) is 3.87. The van der Waals surface area contributed by atoms with Crippen LogP contribution in [0, 0.1) is 0 Å². The molecule has 0 fully saturated rings. The van der Waals surface area contributed by atoms with Crippen molar-refractivity contribution in [2.24, 2.45) is 0 Å². The van der Waals surface area contributed by atoms with Gasteiger partial charge < -0.3 is 14.6 Å². The zero-order valence-corrected chi connectivity index (χ0v) is 13.2. The second-order valence-electron chi connectivity index (χ2n) is 4.99. The average molecular weight is 308 g/mol. The number of rotatable bonds is 8. The SMILES string of the molecule is CN(C)CCCNC(=O)CCc1nnc(-c2cccs2)o1. The maximum absolute atomic E-state index is 11.7. The quantitative estimate of drug-likeness (QED) is 0.753. The second kappa shape index (κ2) is 7.90. The first-order chi connectivity index (χ1) is 10.1. The molecule has 21 heavy (non-hydrogen) atoms. The Morgan fingerprint density at radius 1 is 1.43 bits per heavy atom. The lowest BCUT2D eigenvalue weighted by Crippen LogP contribution is -2.27. The van der Waals surface area contributed by atoms with Crippen LogP contribution in [0.5, 0.6) is 0 Å². The molecule has 114 valence electrons. The first-order valence-corrected chi connectivity index (χ1v) is 7.81. The van der Waals surface area contributed by atoms with Gasteiger partial charge in [-0.2, -0.15) is 0 Å². The Bertz CT molecular complexity index is 551. The fraction of sp³-hybridized carbons (Fsp3) is 0.500. The molecule has 0 unspecified atom stereocenters. The minimum Gasteiger partial charge on any atom is -0.420 e. The predicted octanol–water partition coefficient (Wildman–Crippen LogP) is 1.80. The second-order valence-corrected chi connectivity index (χ2v) is 5.93. The van der Waals surface area contributed by atoms with Crippen LogP contribution >= 0.6 is 11.3 Å². The zero-order valence-electron chi connectivity index (χ0n) is 12.3. The van der Waals surface area contributed by atoms with E-state index < -0.39 is 0 Å². The molecule has 0 bridgehead atoms. The number of carbonyl (C=O) groups excluding carboxylic acids is 1. The Morgan fingerprint density at radius 3 is 3.00 bits per heavy atom. The lowest BCUT2D eigenvalue weighted by atomic mass is 10.3. The molecule has 2 aromatic rings. The maximum atomic E-state index is 11.7. The van der Waals surface area contributed by atoms with Gasteiger partial charge in [-0.3, -0.25) is 4.79 Å². The van der Waals surface area contributed by atoms with Crippen LogP contribution in [0.4, 0.5) is 0 Å². The molecule has 0 saturated carbocycles. The van der Waals surface area contributed by atoms with Gasteiger partial charge >= 0.3 is 0 Å². The highest BCUT2D eigenvalue weighted by molar-refractivity contribution is 7.13. The Morgan fingerprint density at radius 2 is 2.29 bits per heavy atom. The molecule has 0 aromatic carbocycles. The summed E-state index contributed by atoms with van der Waals surface area (Å²) in [6.07, 6.45) is 1.79. The van der Waals surface area contributed by atoms with E-state index in [1.54, 1.807) is 11.3 Å². The van der Waals surface area contributed by atoms with Crippen molar-refractivity contribution in [3.63, 3.8) is 0 Å². The Labute approximate surface area is 128 Å². The first-order valence-electron chi connectivity index (χ1n) is 6.93. The fourth-order valence-electron chi connectivity index (χ4n) is 1.79. The van der Waals surface area contributed by atoms with Gasteiger partial charge in [-0.05, 0) is 38.5 Å². The number of amides is 1. The van der Waals surface area contributed by atoms with Gasteiger partial charge in [-0.1, -0.05) is 6.07 Å². The number of aromatic nitrogens is 2. The van der Waals surface area contributed by atoms with Crippen LogP contribution in [0.25, 0.3) is 10.8 Å². The number of nitrogens with one attached hydrogen (secondary N) is 1. The first kappa shape index (κ1) is 15.7. The summed E-state index contributed by atoms with van der Waals surface area (Å²) in [5.41, 5.74) is 0. The van der Waals surface area contributed by atoms with Crippen molar-refractivity contribution in [3.8, 4) is 10.8 Å². The third-order valence-corrected chi connectivity index (χ3v) is 3.73. The summed E-state index contributed by atoms with van der Waals surface area (Å²) in [5.74, 6) is 1.04. The highest BCUT2D eigenvalue weighted by Gasteiger charge is 2.10. The van der Waals surface area contributed by atoms with Gasteiger partial charge in [0, 0.05) is 19.4 Å². The number of nitrogens with zero attached hydrogens (tertiary/aromatic N) is 3. The Balaban J connectivity index is 1.69. The molecule has 0 spiro atoms. The molecule has 1 N–H and O–H groups in total. The van der Waals surface area contributed by atoms with E-state index in [9.17, 15) is 4.79 Å². The lowest BCUT2D eigenvalue weighted by molar-refractivity contribution is -0.121. The Hall–Kier alpha value is -1.73. The topological polar surface area (TPSA) is 71.3 Å². The van der Waals surface area contributed by atoms with Crippen molar-refractivity contribution >= 4 is 17.2 Å². The van der Waals surface area contributed by atoms with Gasteiger partial charge in [0.1, 0.15) is 0 Å². The van der Waals surface area contributed by atoms with Gasteiger partial charge in [0.05, 0.1) is 4.88 Å². The smallest absolute Gasteiger partial charge is 0.257 e. The van der Waals surface area contributed by atoms with Crippen molar-refractivity contribution < 1.29 is 9.21 Å². The number of aryl methyl sites for hydroxylation is 1. The van der Waals surface area contributed by atoms with Crippen molar-refractivity contribution in [3.05, 3.63) is 23.4 Å². The number of hydrogen-bond acceptors (Lipinski definition) is 6. The fourth-order valence-corrected chi connectivity index (χ4v) is 2.43. The third-order valence-electron chi connectivity index (χ3n) is 2.87. The lowest BCUT2D eigenvalue weighted by Gasteiger charge is -2.09. The normalized spacial score (nSPS) is 11.0. The molecule has 2 aromatic heterocycles. The summed E-state index contributed by atoms with van der Waals surface area (Å²) >= 11 is 1.55. The largest absolute Gasteiger partial charge is 0.420 e. The molecule has 0 aliphatic rings. The maximum Gasteiger partial charge on any atom is 0.257 e.